The van der Waals surface area contributed by atoms with Gasteiger partial charge in [-0.2, -0.15) is 0 Å². The zero-order valence-electron chi connectivity index (χ0n) is 19.1. The molecule has 2 amide bonds. The van der Waals surface area contributed by atoms with Gasteiger partial charge in [0.2, 0.25) is 0 Å². The highest BCUT2D eigenvalue weighted by atomic mass is 32.1. The van der Waals surface area contributed by atoms with Crippen LogP contribution >= 0.6 is 11.3 Å². The van der Waals surface area contributed by atoms with E-state index in [9.17, 15) is 14.4 Å². The molecule has 4 rings (SSSR count). The number of nitrogens with one attached hydrogen (secondary N) is 1. The molecule has 2 N–H and O–H groups in total. The Morgan fingerprint density at radius 1 is 1.24 bits per heavy atom. The number of aryl methyl sites for hydroxylation is 3. The number of ether oxygens (including phenoxy) is 1. The summed E-state index contributed by atoms with van der Waals surface area (Å²) in [7, 11) is 1.54. The molecule has 12 heteroatoms. The lowest BCUT2D eigenvalue weighted by Gasteiger charge is -2.22. The van der Waals surface area contributed by atoms with E-state index in [0.717, 1.165) is 22.4 Å². The molecule has 0 aliphatic carbocycles. The number of carbonyl (C=O) groups is 3. The molecule has 3 heterocycles. The number of amides is 2. The number of carboxylic acids is 1. The number of carbonyl (C=O) groups excluding carboxylic acids is 2. The summed E-state index contributed by atoms with van der Waals surface area (Å²) in [5.74, 6) is -2.03. The number of thiazole rings is 1. The maximum Gasteiger partial charge on any atom is 0.336 e. The molecule has 34 heavy (non-hydrogen) atoms. The fourth-order valence-corrected chi connectivity index (χ4v) is 4.47. The van der Waals surface area contributed by atoms with Crippen LogP contribution in [-0.4, -0.2) is 68.2 Å². The maximum atomic E-state index is 13.3. The molecule has 0 unspecified atom stereocenters. The third-order valence-electron chi connectivity index (χ3n) is 5.52. The number of benzene rings is 1. The number of anilines is 1. The number of likely N-dealkylation sites (N-methyl/N-ethyl adjacent to an activating group) is 1. The zero-order valence-corrected chi connectivity index (χ0v) is 19.9. The number of hydrogen-bond donors (Lipinski definition) is 2. The van der Waals surface area contributed by atoms with Gasteiger partial charge in [-0.3, -0.25) is 14.5 Å². The average molecular weight is 485 g/mol. The van der Waals surface area contributed by atoms with Gasteiger partial charge in [0.05, 0.1) is 23.1 Å². The minimum atomic E-state index is -1.22. The van der Waals surface area contributed by atoms with Gasteiger partial charge in [0.1, 0.15) is 6.04 Å². The monoisotopic (exact) mass is 484 g/mol. The summed E-state index contributed by atoms with van der Waals surface area (Å²) in [6.07, 6.45) is -0.544. The van der Waals surface area contributed by atoms with Crippen molar-refractivity contribution in [3.63, 3.8) is 0 Å². The van der Waals surface area contributed by atoms with Gasteiger partial charge in [0.25, 0.3) is 11.8 Å². The zero-order chi connectivity index (χ0) is 24.6. The van der Waals surface area contributed by atoms with Gasteiger partial charge >= 0.3 is 5.97 Å². The van der Waals surface area contributed by atoms with Crippen LogP contribution in [0.25, 0.3) is 5.69 Å². The van der Waals surface area contributed by atoms with Crippen molar-refractivity contribution in [3.05, 3.63) is 51.6 Å². The summed E-state index contributed by atoms with van der Waals surface area (Å²) in [5.41, 5.74) is 6.31. The molecule has 1 saturated heterocycles. The molecule has 1 fully saturated rings. The van der Waals surface area contributed by atoms with Gasteiger partial charge in [-0.1, -0.05) is 22.9 Å². The molecule has 11 nitrogen and oxygen atoms in total. The summed E-state index contributed by atoms with van der Waals surface area (Å²) in [6.45, 7) is 5.98. The maximum absolute atomic E-state index is 13.3. The Hall–Kier alpha value is -3.64. The second kappa shape index (κ2) is 9.31. The second-order valence-corrected chi connectivity index (χ2v) is 8.95. The molecule has 0 saturated carbocycles. The van der Waals surface area contributed by atoms with E-state index >= 15 is 0 Å². The molecule has 0 radical (unpaired) electrons. The van der Waals surface area contributed by atoms with Crippen LogP contribution in [0.15, 0.2) is 29.2 Å². The number of aromatic nitrogens is 4. The first-order chi connectivity index (χ1) is 16.2. The normalized spacial score (nSPS) is 17.8. The van der Waals surface area contributed by atoms with E-state index in [1.807, 2.05) is 32.9 Å². The Kier molecular flexibility index (Phi) is 6.44. The number of rotatable bonds is 8. The first kappa shape index (κ1) is 23.5. The van der Waals surface area contributed by atoms with Crippen LogP contribution in [0.5, 0.6) is 0 Å². The Morgan fingerprint density at radius 3 is 2.53 bits per heavy atom. The Labute approximate surface area is 199 Å². The minimum absolute atomic E-state index is 0.132. The van der Waals surface area contributed by atoms with Crippen molar-refractivity contribution in [2.24, 2.45) is 0 Å². The Balaban J connectivity index is 1.54. The molecular formula is C22H24N6O5S. The van der Waals surface area contributed by atoms with Crippen LogP contribution in [0.2, 0.25) is 0 Å². The molecule has 1 aliphatic rings. The van der Waals surface area contributed by atoms with Crippen LogP contribution in [0, 0.1) is 20.8 Å². The molecule has 3 atom stereocenters. The molecule has 2 aromatic heterocycles. The van der Waals surface area contributed by atoms with Crippen LogP contribution < -0.4 is 10.2 Å². The standard InChI is InChI=1S/C22H24N6O5S/c1-11-5-12(2)17(13(3)6-11)28-8-16(25-26-28)27(4)21(30)15(7-14-9-34-10-23-14)24-20(29)18-19(33-18)22(31)32/h5-6,8-10,15,18-19H,7H2,1-4H3,(H,24,29)(H,31,32)/t15-,18-,19-/m0/s1. The van der Waals surface area contributed by atoms with Crippen LogP contribution in [0.3, 0.4) is 0 Å². The fraction of sp³-hybridized carbons (Fsp3) is 0.364. The van der Waals surface area contributed by atoms with Gasteiger partial charge in [-0.15, -0.1) is 16.4 Å². The van der Waals surface area contributed by atoms with E-state index in [4.69, 9.17) is 9.84 Å². The first-order valence-corrected chi connectivity index (χ1v) is 11.4. The highest BCUT2D eigenvalue weighted by Crippen LogP contribution is 2.24. The van der Waals surface area contributed by atoms with Gasteiger partial charge in [-0.25, -0.2) is 14.5 Å². The lowest BCUT2D eigenvalue weighted by atomic mass is 10.1. The van der Waals surface area contributed by atoms with E-state index in [0.29, 0.717) is 11.5 Å². The molecule has 3 aromatic rings. The largest absolute Gasteiger partial charge is 0.479 e. The lowest BCUT2D eigenvalue weighted by Crippen LogP contribution is -2.50. The lowest BCUT2D eigenvalue weighted by molar-refractivity contribution is -0.138. The molecular weight excluding hydrogens is 460 g/mol. The van der Waals surface area contributed by atoms with Crippen LogP contribution in [0.1, 0.15) is 22.4 Å². The van der Waals surface area contributed by atoms with Crippen LogP contribution in [0.4, 0.5) is 5.82 Å². The second-order valence-electron chi connectivity index (χ2n) is 8.23. The summed E-state index contributed by atoms with van der Waals surface area (Å²) in [4.78, 5) is 42.4. The Morgan fingerprint density at radius 2 is 1.94 bits per heavy atom. The molecule has 178 valence electrons. The number of epoxide rings is 1. The predicted octanol–water partition coefficient (Wildman–Crippen LogP) is 1.19. The minimum Gasteiger partial charge on any atom is -0.479 e. The first-order valence-electron chi connectivity index (χ1n) is 10.5. The van der Waals surface area contributed by atoms with E-state index in [1.165, 1.54) is 16.2 Å². The molecule has 1 aromatic carbocycles. The number of aliphatic carboxylic acids is 1. The molecule has 1 aliphatic heterocycles. The third-order valence-corrected chi connectivity index (χ3v) is 6.16. The molecule has 0 bridgehead atoms. The van der Waals surface area contributed by atoms with E-state index in [2.05, 4.69) is 20.6 Å². The highest BCUT2D eigenvalue weighted by molar-refractivity contribution is 7.07. The molecule has 0 spiro atoms. The van der Waals surface area contributed by atoms with E-state index in [-0.39, 0.29) is 6.42 Å². The summed E-state index contributed by atoms with van der Waals surface area (Å²) < 4.78 is 6.53. The average Bonchev–Trinajstić information content (AvgIpc) is 3.16. The summed E-state index contributed by atoms with van der Waals surface area (Å²) in [6, 6.07) is 3.09. The van der Waals surface area contributed by atoms with Crippen molar-refractivity contribution in [1.82, 2.24) is 25.3 Å². The van der Waals surface area contributed by atoms with Crippen molar-refractivity contribution in [2.45, 2.75) is 45.4 Å². The van der Waals surface area contributed by atoms with Crippen molar-refractivity contribution in [3.8, 4) is 5.69 Å². The van der Waals surface area contributed by atoms with Crippen molar-refractivity contribution in [1.29, 1.82) is 0 Å². The van der Waals surface area contributed by atoms with E-state index in [1.54, 1.807) is 28.8 Å². The van der Waals surface area contributed by atoms with E-state index < -0.39 is 36.0 Å². The fourth-order valence-electron chi connectivity index (χ4n) is 3.90. The SMILES string of the molecule is Cc1cc(C)c(-n2cc(N(C)C(=O)[C@H](Cc3cscn3)NC(=O)[C@H]3O[C@@H]3C(=O)O)nn2)c(C)c1. The summed E-state index contributed by atoms with van der Waals surface area (Å²) >= 11 is 1.37. The van der Waals surface area contributed by atoms with Gasteiger partial charge in [0.15, 0.2) is 18.0 Å². The van der Waals surface area contributed by atoms with Crippen molar-refractivity contribution < 1.29 is 24.2 Å². The number of hydrogen-bond acceptors (Lipinski definition) is 8. The smallest absolute Gasteiger partial charge is 0.336 e. The quantitative estimate of drug-likeness (QED) is 0.454. The van der Waals surface area contributed by atoms with Crippen molar-refractivity contribution in [2.75, 3.05) is 11.9 Å². The van der Waals surface area contributed by atoms with Gasteiger partial charge in [0, 0.05) is 18.8 Å². The number of carboxylic acid groups (broad SMARTS) is 1. The Bertz CT molecular complexity index is 1220. The predicted molar refractivity (Wildman–Crippen MR) is 123 cm³/mol. The van der Waals surface area contributed by atoms with Gasteiger partial charge in [-0.05, 0) is 31.9 Å². The topological polar surface area (TPSA) is 143 Å². The van der Waals surface area contributed by atoms with Crippen LogP contribution in [-0.2, 0) is 25.5 Å². The highest BCUT2D eigenvalue weighted by Gasteiger charge is 2.51. The number of nitrogens with zero attached hydrogens (tertiary/aromatic N) is 5. The van der Waals surface area contributed by atoms with Crippen molar-refractivity contribution >= 4 is 34.9 Å². The third kappa shape index (κ3) is 4.82. The summed E-state index contributed by atoms with van der Waals surface area (Å²) in [5, 5.41) is 21.7. The van der Waals surface area contributed by atoms with Gasteiger partial charge < -0.3 is 15.2 Å².